The summed E-state index contributed by atoms with van der Waals surface area (Å²) in [5, 5.41) is 11.4. The SMILES string of the molecule is CCCCSC1=NN2C(=c3cc(Br)ccc3=N[C@H]2c2ccc(C)o2)C(=O)N1. The summed E-state index contributed by atoms with van der Waals surface area (Å²) < 4.78 is 6.70. The Balaban J connectivity index is 1.85. The maximum absolute atomic E-state index is 13.0. The standard InChI is InChI=1S/C19H19BrN4O2S/c1-3-4-9-27-19-22-18(25)16-13-10-12(20)6-7-14(13)21-17(24(16)23-19)15-8-5-11(2)26-15/h5-8,10,17H,3-4,9H2,1-2H3,(H,22,23,25)/t17-/m1/s1. The Morgan fingerprint density at radius 1 is 1.33 bits per heavy atom. The third-order valence-corrected chi connectivity index (χ3v) is 5.77. The summed E-state index contributed by atoms with van der Waals surface area (Å²) in [4.78, 5) is 17.8. The van der Waals surface area contributed by atoms with Gasteiger partial charge in [-0.2, -0.15) is 0 Å². The number of hydrazone groups is 1. The lowest BCUT2D eigenvalue weighted by Gasteiger charge is -2.32. The Morgan fingerprint density at radius 3 is 2.93 bits per heavy atom. The second-order valence-corrected chi connectivity index (χ2v) is 8.37. The molecule has 1 aromatic heterocycles. The number of benzene rings is 1. The van der Waals surface area contributed by atoms with Gasteiger partial charge in [0.15, 0.2) is 10.9 Å². The number of carbonyl (C=O) groups excluding carboxylic acids is 1. The number of thioether (sulfide) groups is 1. The summed E-state index contributed by atoms with van der Waals surface area (Å²) in [6.07, 6.45) is 1.66. The van der Waals surface area contributed by atoms with Crippen LogP contribution in [0.4, 0.5) is 0 Å². The molecule has 0 radical (unpaired) electrons. The molecule has 0 spiro atoms. The van der Waals surface area contributed by atoms with Gasteiger partial charge in [0, 0.05) is 15.4 Å². The number of nitrogens with one attached hydrogen (secondary N) is 1. The number of amidine groups is 1. The minimum absolute atomic E-state index is 0.175. The van der Waals surface area contributed by atoms with E-state index in [0.717, 1.165) is 39.4 Å². The Hall–Kier alpha value is -2.06. The average molecular weight is 447 g/mol. The molecule has 0 saturated carbocycles. The van der Waals surface area contributed by atoms with Crippen LogP contribution >= 0.6 is 27.7 Å². The lowest BCUT2D eigenvalue weighted by Crippen LogP contribution is -2.50. The van der Waals surface area contributed by atoms with E-state index in [9.17, 15) is 4.79 Å². The summed E-state index contributed by atoms with van der Waals surface area (Å²) in [6, 6.07) is 9.49. The molecule has 0 fully saturated rings. The molecule has 3 heterocycles. The maximum atomic E-state index is 13.0. The Bertz CT molecular complexity index is 1050. The molecule has 27 heavy (non-hydrogen) atoms. The highest BCUT2D eigenvalue weighted by Crippen LogP contribution is 2.31. The van der Waals surface area contributed by atoms with E-state index in [1.165, 1.54) is 0 Å². The van der Waals surface area contributed by atoms with Gasteiger partial charge in [0.05, 0.1) is 5.36 Å². The summed E-state index contributed by atoms with van der Waals surface area (Å²) in [7, 11) is 0. The van der Waals surface area contributed by atoms with Crippen molar-refractivity contribution < 1.29 is 9.21 Å². The van der Waals surface area contributed by atoms with Gasteiger partial charge in [-0.1, -0.05) is 41.0 Å². The average Bonchev–Trinajstić information content (AvgIpc) is 3.07. The molecule has 1 N–H and O–H groups in total. The summed E-state index contributed by atoms with van der Waals surface area (Å²) in [6.45, 7) is 4.03. The quantitative estimate of drug-likeness (QED) is 0.732. The normalized spacial score (nSPS) is 18.4. The smallest absolute Gasteiger partial charge is 0.276 e. The van der Waals surface area contributed by atoms with Crippen LogP contribution in [0.5, 0.6) is 0 Å². The molecule has 0 aliphatic carbocycles. The number of carbonyl (C=O) groups is 1. The molecule has 0 bridgehead atoms. The van der Waals surface area contributed by atoms with Gasteiger partial charge >= 0.3 is 0 Å². The van der Waals surface area contributed by atoms with Crippen molar-refractivity contribution in [2.24, 2.45) is 10.1 Å². The van der Waals surface area contributed by atoms with Crippen molar-refractivity contribution in [3.8, 4) is 0 Å². The predicted molar refractivity (Wildman–Crippen MR) is 109 cm³/mol. The first-order valence-corrected chi connectivity index (χ1v) is 10.6. The lowest BCUT2D eigenvalue weighted by atomic mass is 10.1. The summed E-state index contributed by atoms with van der Waals surface area (Å²) >= 11 is 5.03. The zero-order valence-corrected chi connectivity index (χ0v) is 17.4. The molecule has 1 atom stereocenters. The molecule has 1 aromatic carbocycles. The number of fused-ring (bicyclic) bond motifs is 2. The predicted octanol–water partition coefficient (Wildman–Crippen LogP) is 3.03. The number of aryl methyl sites for hydroxylation is 1. The lowest BCUT2D eigenvalue weighted by molar-refractivity contribution is -0.116. The third-order valence-electron chi connectivity index (χ3n) is 4.32. The van der Waals surface area contributed by atoms with Crippen LogP contribution in [-0.4, -0.2) is 21.8 Å². The van der Waals surface area contributed by atoms with E-state index < -0.39 is 6.17 Å². The highest BCUT2D eigenvalue weighted by atomic mass is 79.9. The number of nitrogens with zero attached hydrogens (tertiary/aromatic N) is 3. The van der Waals surface area contributed by atoms with Crippen LogP contribution in [0.2, 0.25) is 0 Å². The van der Waals surface area contributed by atoms with Crippen LogP contribution in [0.3, 0.4) is 0 Å². The van der Waals surface area contributed by atoms with Gasteiger partial charge < -0.3 is 4.42 Å². The molecule has 6 nitrogen and oxygen atoms in total. The zero-order valence-electron chi connectivity index (χ0n) is 15.0. The number of hydrogen-bond acceptors (Lipinski definition) is 6. The zero-order chi connectivity index (χ0) is 19.0. The molecule has 1 amide bonds. The fraction of sp³-hybridized carbons (Fsp3) is 0.316. The molecule has 140 valence electrons. The Kier molecular flexibility index (Phi) is 5.10. The van der Waals surface area contributed by atoms with Crippen molar-refractivity contribution in [1.82, 2.24) is 10.3 Å². The molecule has 2 aliphatic heterocycles. The fourth-order valence-corrected chi connectivity index (χ4v) is 4.31. The van der Waals surface area contributed by atoms with Crippen molar-refractivity contribution in [2.45, 2.75) is 32.9 Å². The van der Waals surface area contributed by atoms with E-state index in [0.29, 0.717) is 16.6 Å². The number of rotatable bonds is 4. The largest absolute Gasteiger partial charge is 0.462 e. The van der Waals surface area contributed by atoms with E-state index >= 15 is 0 Å². The van der Waals surface area contributed by atoms with Crippen LogP contribution in [-0.2, 0) is 4.79 Å². The number of halogens is 1. The van der Waals surface area contributed by atoms with Gasteiger partial charge in [0.2, 0.25) is 6.17 Å². The molecule has 0 unspecified atom stereocenters. The second-order valence-electron chi connectivity index (χ2n) is 6.37. The number of furan rings is 1. The molecule has 4 rings (SSSR count). The van der Waals surface area contributed by atoms with Crippen molar-refractivity contribution in [2.75, 3.05) is 5.75 Å². The first-order chi connectivity index (χ1) is 13.1. The number of amides is 1. The molecular formula is C19H19BrN4O2S. The van der Waals surface area contributed by atoms with Gasteiger partial charge in [-0.05, 0) is 43.7 Å². The topological polar surface area (TPSA) is 70.2 Å². The number of hydrogen-bond donors (Lipinski definition) is 1. The fourth-order valence-electron chi connectivity index (χ4n) is 3.01. The Morgan fingerprint density at radius 2 is 2.19 bits per heavy atom. The van der Waals surface area contributed by atoms with E-state index in [-0.39, 0.29) is 5.91 Å². The van der Waals surface area contributed by atoms with E-state index in [1.807, 2.05) is 37.3 Å². The van der Waals surface area contributed by atoms with Crippen molar-refractivity contribution in [3.05, 3.63) is 56.9 Å². The van der Waals surface area contributed by atoms with Crippen molar-refractivity contribution >= 4 is 44.5 Å². The molecular weight excluding hydrogens is 428 g/mol. The van der Waals surface area contributed by atoms with Crippen molar-refractivity contribution in [1.29, 1.82) is 0 Å². The van der Waals surface area contributed by atoms with Crippen LogP contribution in [0, 0.1) is 6.92 Å². The Labute approximate surface area is 169 Å². The van der Waals surface area contributed by atoms with Crippen LogP contribution in [0.1, 0.15) is 37.5 Å². The molecule has 2 aliphatic rings. The minimum Gasteiger partial charge on any atom is -0.462 e. The van der Waals surface area contributed by atoms with Gasteiger partial charge in [0.1, 0.15) is 11.5 Å². The van der Waals surface area contributed by atoms with Gasteiger partial charge in [-0.3, -0.25) is 10.1 Å². The number of unbranched alkanes of at least 4 members (excludes halogenated alkanes) is 1. The van der Waals surface area contributed by atoms with Gasteiger partial charge in [-0.25, -0.2) is 10.0 Å². The monoisotopic (exact) mass is 446 g/mol. The van der Waals surface area contributed by atoms with Crippen molar-refractivity contribution in [3.63, 3.8) is 0 Å². The van der Waals surface area contributed by atoms with Gasteiger partial charge in [0.25, 0.3) is 5.91 Å². The van der Waals surface area contributed by atoms with E-state index in [2.05, 4.69) is 28.2 Å². The van der Waals surface area contributed by atoms with Gasteiger partial charge in [-0.15, -0.1) is 5.10 Å². The second kappa shape index (κ2) is 7.52. The van der Waals surface area contributed by atoms with Crippen LogP contribution in [0.25, 0.3) is 5.70 Å². The van der Waals surface area contributed by atoms with E-state index in [1.54, 1.807) is 16.8 Å². The first kappa shape index (κ1) is 18.3. The maximum Gasteiger partial charge on any atom is 0.276 e. The van der Waals surface area contributed by atoms with E-state index in [4.69, 9.17) is 14.5 Å². The van der Waals surface area contributed by atoms with Crippen LogP contribution < -0.4 is 15.9 Å². The molecule has 0 saturated heterocycles. The summed E-state index contributed by atoms with van der Waals surface area (Å²) in [5.74, 6) is 2.19. The summed E-state index contributed by atoms with van der Waals surface area (Å²) in [5.41, 5.74) is 0.486. The highest BCUT2D eigenvalue weighted by molar-refractivity contribution is 9.10. The molecule has 2 aromatic rings. The molecule has 8 heteroatoms. The van der Waals surface area contributed by atoms with Crippen LogP contribution in [0.15, 0.2) is 49.3 Å². The highest BCUT2D eigenvalue weighted by Gasteiger charge is 2.35. The first-order valence-electron chi connectivity index (χ1n) is 8.83. The minimum atomic E-state index is -0.504. The third kappa shape index (κ3) is 3.55.